The Labute approximate surface area is 146 Å². The number of nitrogens with one attached hydrogen (secondary N) is 1. The average molecular weight is 342 g/mol. The van der Waals surface area contributed by atoms with Gasteiger partial charge in [-0.2, -0.15) is 5.10 Å². The normalized spacial score (nSPS) is 10.9. The molecule has 1 amide bonds. The summed E-state index contributed by atoms with van der Waals surface area (Å²) in [6, 6.07) is 13.4. The van der Waals surface area contributed by atoms with E-state index in [1.807, 2.05) is 53.3 Å². The molecule has 24 heavy (non-hydrogen) atoms. The molecule has 0 unspecified atom stereocenters. The van der Waals surface area contributed by atoms with Gasteiger partial charge in [-0.15, -0.1) is 0 Å². The van der Waals surface area contributed by atoms with Crippen LogP contribution in [0, 0.1) is 0 Å². The molecule has 0 aliphatic heterocycles. The van der Waals surface area contributed by atoms with E-state index in [0.29, 0.717) is 18.7 Å². The van der Waals surface area contributed by atoms with E-state index in [1.54, 1.807) is 0 Å². The molecule has 0 saturated carbocycles. The summed E-state index contributed by atoms with van der Waals surface area (Å²) in [6.07, 6.45) is 3.87. The molecule has 0 atom stereocenters. The predicted octanol–water partition coefficient (Wildman–Crippen LogP) is 4.27. The number of aromatic nitrogens is 2. The molecule has 0 bridgehead atoms. The minimum Gasteiger partial charge on any atom is -0.352 e. The van der Waals surface area contributed by atoms with Crippen LogP contribution in [0.1, 0.15) is 35.7 Å². The third-order valence-electron chi connectivity index (χ3n) is 3.97. The molecule has 3 aromatic rings. The highest BCUT2D eigenvalue weighted by molar-refractivity contribution is 6.30. The fraction of sp³-hybridized carbons (Fsp3) is 0.263. The SMILES string of the molecule is CCCCNC(=O)c1ccc2cnn(Cc3ccc(Cl)cc3)c2c1. The fourth-order valence-corrected chi connectivity index (χ4v) is 2.71. The monoisotopic (exact) mass is 341 g/mol. The summed E-state index contributed by atoms with van der Waals surface area (Å²) in [5.41, 5.74) is 2.73. The smallest absolute Gasteiger partial charge is 0.251 e. The maximum Gasteiger partial charge on any atom is 0.251 e. The molecule has 0 fully saturated rings. The third-order valence-corrected chi connectivity index (χ3v) is 4.22. The van der Waals surface area contributed by atoms with Crippen molar-refractivity contribution in [3.8, 4) is 0 Å². The Hall–Kier alpha value is -2.33. The van der Waals surface area contributed by atoms with Gasteiger partial charge in [0.15, 0.2) is 0 Å². The van der Waals surface area contributed by atoms with Gasteiger partial charge in [-0.3, -0.25) is 9.48 Å². The summed E-state index contributed by atoms with van der Waals surface area (Å²) in [5, 5.41) is 9.13. The maximum absolute atomic E-state index is 12.2. The zero-order valence-corrected chi connectivity index (χ0v) is 14.4. The summed E-state index contributed by atoms with van der Waals surface area (Å²) < 4.78 is 1.90. The number of benzene rings is 2. The quantitative estimate of drug-likeness (QED) is 0.681. The van der Waals surface area contributed by atoms with Gasteiger partial charge in [0.2, 0.25) is 0 Å². The van der Waals surface area contributed by atoms with Crippen LogP contribution in [-0.2, 0) is 6.54 Å². The van der Waals surface area contributed by atoms with Crippen molar-refractivity contribution in [3.05, 3.63) is 64.8 Å². The molecule has 124 valence electrons. The first-order chi connectivity index (χ1) is 11.7. The molecule has 1 aromatic heterocycles. The standard InChI is InChI=1S/C19H20ClN3O/c1-2-3-10-21-19(24)15-6-7-16-12-22-23(18(16)11-15)13-14-4-8-17(20)9-5-14/h4-9,11-12H,2-3,10,13H2,1H3,(H,21,24). The summed E-state index contributed by atoms with van der Waals surface area (Å²) >= 11 is 5.93. The molecule has 3 rings (SSSR count). The number of amides is 1. The minimum absolute atomic E-state index is 0.0374. The van der Waals surface area contributed by atoms with Crippen molar-refractivity contribution in [2.45, 2.75) is 26.3 Å². The zero-order valence-electron chi connectivity index (χ0n) is 13.6. The van der Waals surface area contributed by atoms with Gasteiger partial charge < -0.3 is 5.32 Å². The topological polar surface area (TPSA) is 46.9 Å². The van der Waals surface area contributed by atoms with Crippen molar-refractivity contribution in [3.63, 3.8) is 0 Å². The second-order valence-electron chi connectivity index (χ2n) is 5.81. The number of carbonyl (C=O) groups excluding carboxylic acids is 1. The van der Waals surface area contributed by atoms with E-state index in [2.05, 4.69) is 17.3 Å². The Morgan fingerprint density at radius 1 is 1.21 bits per heavy atom. The van der Waals surface area contributed by atoms with Crippen LogP contribution in [0.25, 0.3) is 10.9 Å². The largest absolute Gasteiger partial charge is 0.352 e. The Bertz CT molecular complexity index is 839. The third kappa shape index (κ3) is 3.77. The lowest BCUT2D eigenvalue weighted by Crippen LogP contribution is -2.24. The van der Waals surface area contributed by atoms with Crippen molar-refractivity contribution < 1.29 is 4.79 Å². The first-order valence-electron chi connectivity index (χ1n) is 8.15. The van der Waals surface area contributed by atoms with Gasteiger partial charge in [0.1, 0.15) is 0 Å². The molecule has 0 saturated heterocycles. The number of unbranched alkanes of at least 4 members (excludes halogenated alkanes) is 1. The highest BCUT2D eigenvalue weighted by Gasteiger charge is 2.09. The summed E-state index contributed by atoms with van der Waals surface area (Å²) in [4.78, 5) is 12.2. The first kappa shape index (κ1) is 16.5. The molecule has 0 spiro atoms. The maximum atomic E-state index is 12.2. The van der Waals surface area contributed by atoms with Crippen LogP contribution in [-0.4, -0.2) is 22.2 Å². The highest BCUT2D eigenvalue weighted by atomic mass is 35.5. The Balaban J connectivity index is 1.83. The highest BCUT2D eigenvalue weighted by Crippen LogP contribution is 2.18. The fourth-order valence-electron chi connectivity index (χ4n) is 2.58. The van der Waals surface area contributed by atoms with Gasteiger partial charge in [0.05, 0.1) is 18.3 Å². The van der Waals surface area contributed by atoms with Gasteiger partial charge in [0.25, 0.3) is 5.91 Å². The predicted molar refractivity (Wildman–Crippen MR) is 97.5 cm³/mol. The Morgan fingerprint density at radius 2 is 2.00 bits per heavy atom. The number of nitrogens with zero attached hydrogens (tertiary/aromatic N) is 2. The Kier molecular flexibility index (Phi) is 5.16. The van der Waals surface area contributed by atoms with Gasteiger partial charge in [-0.25, -0.2) is 0 Å². The van der Waals surface area contributed by atoms with E-state index >= 15 is 0 Å². The number of fused-ring (bicyclic) bond motifs is 1. The van der Waals surface area contributed by atoms with Crippen LogP contribution in [0.15, 0.2) is 48.7 Å². The average Bonchev–Trinajstić information content (AvgIpc) is 2.99. The van der Waals surface area contributed by atoms with Crippen molar-refractivity contribution in [2.75, 3.05) is 6.54 Å². The molecule has 4 nitrogen and oxygen atoms in total. The second kappa shape index (κ2) is 7.49. The van der Waals surface area contributed by atoms with E-state index in [4.69, 9.17) is 11.6 Å². The summed E-state index contributed by atoms with van der Waals surface area (Å²) in [7, 11) is 0. The van der Waals surface area contributed by atoms with Crippen molar-refractivity contribution in [1.29, 1.82) is 0 Å². The van der Waals surface area contributed by atoms with E-state index in [-0.39, 0.29) is 5.91 Å². The second-order valence-corrected chi connectivity index (χ2v) is 6.25. The van der Waals surface area contributed by atoms with Gasteiger partial charge in [-0.1, -0.05) is 43.1 Å². The number of hydrogen-bond donors (Lipinski definition) is 1. The lowest BCUT2D eigenvalue weighted by Gasteiger charge is -2.07. The lowest BCUT2D eigenvalue weighted by atomic mass is 10.1. The Morgan fingerprint density at radius 3 is 2.75 bits per heavy atom. The van der Waals surface area contributed by atoms with E-state index in [0.717, 1.165) is 34.3 Å². The van der Waals surface area contributed by atoms with Crippen LogP contribution in [0.5, 0.6) is 0 Å². The van der Waals surface area contributed by atoms with Crippen LogP contribution >= 0.6 is 11.6 Å². The molecular formula is C19H20ClN3O. The molecule has 1 heterocycles. The van der Waals surface area contributed by atoms with Crippen LogP contribution in [0.4, 0.5) is 0 Å². The van der Waals surface area contributed by atoms with Crippen LogP contribution in [0.2, 0.25) is 5.02 Å². The molecular weight excluding hydrogens is 322 g/mol. The molecule has 1 N–H and O–H groups in total. The van der Waals surface area contributed by atoms with Crippen molar-refractivity contribution in [1.82, 2.24) is 15.1 Å². The number of hydrogen-bond acceptors (Lipinski definition) is 2. The number of rotatable bonds is 6. The van der Waals surface area contributed by atoms with Crippen LogP contribution in [0.3, 0.4) is 0 Å². The van der Waals surface area contributed by atoms with Crippen LogP contribution < -0.4 is 5.32 Å². The summed E-state index contributed by atoms with van der Waals surface area (Å²) in [5.74, 6) is -0.0374. The van der Waals surface area contributed by atoms with Crippen molar-refractivity contribution in [2.24, 2.45) is 0 Å². The molecule has 0 radical (unpaired) electrons. The van der Waals surface area contributed by atoms with Gasteiger partial charge in [-0.05, 0) is 36.2 Å². The number of carbonyl (C=O) groups is 1. The minimum atomic E-state index is -0.0374. The molecule has 0 aliphatic rings. The van der Waals surface area contributed by atoms with E-state index < -0.39 is 0 Å². The van der Waals surface area contributed by atoms with Crippen molar-refractivity contribution >= 4 is 28.4 Å². The van der Waals surface area contributed by atoms with E-state index in [9.17, 15) is 4.79 Å². The molecule has 5 heteroatoms. The van der Waals surface area contributed by atoms with Gasteiger partial charge in [0, 0.05) is 22.5 Å². The molecule has 2 aromatic carbocycles. The lowest BCUT2D eigenvalue weighted by molar-refractivity contribution is 0.0953. The zero-order chi connectivity index (χ0) is 16.9. The van der Waals surface area contributed by atoms with Gasteiger partial charge >= 0.3 is 0 Å². The molecule has 0 aliphatic carbocycles. The first-order valence-corrected chi connectivity index (χ1v) is 8.53. The van der Waals surface area contributed by atoms with E-state index in [1.165, 1.54) is 0 Å². The number of halogens is 1. The summed E-state index contributed by atoms with van der Waals surface area (Å²) in [6.45, 7) is 3.45.